The molecular weight excluding hydrogens is 238 g/mol. The molecule has 0 saturated carbocycles. The minimum Gasteiger partial charge on any atom is -0.388 e. The second kappa shape index (κ2) is 5.13. The Labute approximate surface area is 114 Å². The van der Waals surface area contributed by atoms with Crippen molar-refractivity contribution in [3.05, 3.63) is 47.5 Å². The Morgan fingerprint density at radius 2 is 1.89 bits per heavy atom. The molecular formula is C15H21N3O. The average Bonchev–Trinajstić information content (AvgIpc) is 2.72. The summed E-state index contributed by atoms with van der Waals surface area (Å²) in [6.07, 6.45) is 5.45. The van der Waals surface area contributed by atoms with Crippen molar-refractivity contribution in [1.82, 2.24) is 14.8 Å². The van der Waals surface area contributed by atoms with Crippen molar-refractivity contribution in [3.8, 4) is 0 Å². The first-order chi connectivity index (χ1) is 8.88. The zero-order valence-corrected chi connectivity index (χ0v) is 12.0. The second-order valence-corrected chi connectivity index (χ2v) is 5.93. The highest BCUT2D eigenvalue weighted by atomic mass is 16.3. The van der Waals surface area contributed by atoms with Gasteiger partial charge in [0.1, 0.15) is 0 Å². The van der Waals surface area contributed by atoms with Crippen LogP contribution >= 0.6 is 0 Å². The third-order valence-electron chi connectivity index (χ3n) is 3.10. The van der Waals surface area contributed by atoms with Crippen molar-refractivity contribution in [2.45, 2.75) is 38.7 Å². The van der Waals surface area contributed by atoms with Crippen LogP contribution in [0.1, 0.15) is 43.7 Å². The van der Waals surface area contributed by atoms with Crippen LogP contribution in [0, 0.1) is 0 Å². The molecule has 19 heavy (non-hydrogen) atoms. The van der Waals surface area contributed by atoms with Gasteiger partial charge in [0.25, 0.3) is 0 Å². The van der Waals surface area contributed by atoms with Crippen LogP contribution in [0.2, 0.25) is 0 Å². The van der Waals surface area contributed by atoms with Gasteiger partial charge < -0.3 is 5.11 Å². The van der Waals surface area contributed by atoms with Crippen LogP contribution in [0.25, 0.3) is 0 Å². The van der Waals surface area contributed by atoms with E-state index in [1.807, 2.05) is 25.4 Å². The van der Waals surface area contributed by atoms with Crippen molar-refractivity contribution < 1.29 is 5.11 Å². The molecule has 0 saturated heterocycles. The number of hydrogen-bond donors (Lipinski definition) is 1. The molecule has 4 nitrogen and oxygen atoms in total. The van der Waals surface area contributed by atoms with E-state index in [0.29, 0.717) is 6.42 Å². The van der Waals surface area contributed by atoms with Gasteiger partial charge >= 0.3 is 0 Å². The largest absolute Gasteiger partial charge is 0.388 e. The van der Waals surface area contributed by atoms with E-state index in [9.17, 15) is 5.11 Å². The van der Waals surface area contributed by atoms with Crippen LogP contribution in [0.4, 0.5) is 0 Å². The molecule has 2 aromatic heterocycles. The van der Waals surface area contributed by atoms with Crippen LogP contribution in [0.5, 0.6) is 0 Å². The molecule has 0 spiro atoms. The molecule has 102 valence electrons. The summed E-state index contributed by atoms with van der Waals surface area (Å²) in [6.45, 7) is 6.33. The maximum Gasteiger partial charge on any atom is 0.0863 e. The Balaban J connectivity index is 2.27. The fourth-order valence-corrected chi connectivity index (χ4v) is 2.19. The summed E-state index contributed by atoms with van der Waals surface area (Å²) in [5, 5.41) is 14.9. The molecule has 0 aliphatic heterocycles. The predicted molar refractivity (Wildman–Crippen MR) is 74.8 cm³/mol. The molecule has 0 bridgehead atoms. The van der Waals surface area contributed by atoms with E-state index >= 15 is 0 Å². The number of pyridine rings is 1. The van der Waals surface area contributed by atoms with Gasteiger partial charge in [-0.1, -0.05) is 20.8 Å². The zero-order chi connectivity index (χ0) is 14.0. The fourth-order valence-electron chi connectivity index (χ4n) is 2.19. The van der Waals surface area contributed by atoms with Gasteiger partial charge in [-0.3, -0.25) is 9.67 Å². The Morgan fingerprint density at radius 3 is 2.47 bits per heavy atom. The lowest BCUT2D eigenvalue weighted by Crippen LogP contribution is -2.17. The van der Waals surface area contributed by atoms with Crippen LogP contribution < -0.4 is 0 Å². The molecule has 0 aliphatic rings. The summed E-state index contributed by atoms with van der Waals surface area (Å²) in [4.78, 5) is 3.99. The number of rotatable bonds is 3. The maximum atomic E-state index is 10.5. The number of aliphatic hydroxyl groups is 1. The van der Waals surface area contributed by atoms with Crippen LogP contribution in [0.15, 0.2) is 30.7 Å². The molecule has 0 amide bonds. The zero-order valence-electron chi connectivity index (χ0n) is 12.0. The molecule has 2 heterocycles. The first-order valence-corrected chi connectivity index (χ1v) is 6.49. The number of aryl methyl sites for hydroxylation is 1. The third-order valence-corrected chi connectivity index (χ3v) is 3.10. The van der Waals surface area contributed by atoms with Crippen molar-refractivity contribution >= 4 is 0 Å². The molecule has 4 heteroatoms. The molecule has 1 unspecified atom stereocenters. The van der Waals surface area contributed by atoms with E-state index in [4.69, 9.17) is 0 Å². The number of aromatic nitrogens is 3. The van der Waals surface area contributed by atoms with Crippen molar-refractivity contribution in [2.75, 3.05) is 0 Å². The Morgan fingerprint density at radius 1 is 1.26 bits per heavy atom. The minimum absolute atomic E-state index is 0.0736. The van der Waals surface area contributed by atoms with E-state index in [2.05, 4.69) is 30.9 Å². The highest BCUT2D eigenvalue weighted by molar-refractivity contribution is 5.28. The molecule has 1 N–H and O–H groups in total. The highest BCUT2D eigenvalue weighted by Gasteiger charge is 2.25. The lowest BCUT2D eigenvalue weighted by Gasteiger charge is -2.20. The topological polar surface area (TPSA) is 50.9 Å². The second-order valence-electron chi connectivity index (χ2n) is 5.93. The van der Waals surface area contributed by atoms with Gasteiger partial charge in [-0.05, 0) is 17.7 Å². The molecule has 1 atom stereocenters. The molecule has 0 radical (unpaired) electrons. The summed E-state index contributed by atoms with van der Waals surface area (Å²) < 4.78 is 1.77. The Bertz CT molecular complexity index is 540. The van der Waals surface area contributed by atoms with Gasteiger partial charge in [-0.15, -0.1) is 0 Å². The van der Waals surface area contributed by atoms with Gasteiger partial charge in [0.05, 0.1) is 11.8 Å². The lowest BCUT2D eigenvalue weighted by atomic mass is 9.87. The molecule has 0 aromatic carbocycles. The van der Waals surface area contributed by atoms with Gasteiger partial charge in [0.2, 0.25) is 0 Å². The summed E-state index contributed by atoms with van der Waals surface area (Å²) in [7, 11) is 1.89. The summed E-state index contributed by atoms with van der Waals surface area (Å²) in [6, 6.07) is 3.85. The summed E-state index contributed by atoms with van der Waals surface area (Å²) >= 11 is 0. The van der Waals surface area contributed by atoms with Crippen molar-refractivity contribution in [1.29, 1.82) is 0 Å². The van der Waals surface area contributed by atoms with Gasteiger partial charge in [0, 0.05) is 43.0 Å². The van der Waals surface area contributed by atoms with E-state index in [1.165, 1.54) is 0 Å². The Hall–Kier alpha value is -1.68. The molecule has 2 rings (SSSR count). The maximum absolute atomic E-state index is 10.5. The predicted octanol–water partition coefficient (Wildman–Crippen LogP) is 2.39. The van der Waals surface area contributed by atoms with Crippen LogP contribution in [0.3, 0.4) is 0 Å². The van der Waals surface area contributed by atoms with Crippen molar-refractivity contribution in [2.24, 2.45) is 7.05 Å². The van der Waals surface area contributed by atoms with Gasteiger partial charge in [-0.25, -0.2) is 0 Å². The fraction of sp³-hybridized carbons (Fsp3) is 0.467. The van der Waals surface area contributed by atoms with Crippen LogP contribution in [-0.4, -0.2) is 19.9 Å². The summed E-state index contributed by atoms with van der Waals surface area (Å²) in [5.41, 5.74) is 2.87. The first-order valence-electron chi connectivity index (χ1n) is 6.49. The van der Waals surface area contributed by atoms with E-state index in [1.54, 1.807) is 17.1 Å². The van der Waals surface area contributed by atoms with E-state index < -0.39 is 6.10 Å². The standard InChI is InChI=1S/C15H21N3O/c1-15(2,3)14-12(10-18(4)17-14)13(19)9-11-5-7-16-8-6-11/h5-8,10,13,19H,9H2,1-4H3. The van der Waals surface area contributed by atoms with E-state index in [-0.39, 0.29) is 5.41 Å². The minimum atomic E-state index is -0.537. The lowest BCUT2D eigenvalue weighted by molar-refractivity contribution is 0.176. The SMILES string of the molecule is Cn1cc(C(O)Cc2ccncc2)c(C(C)(C)C)n1. The van der Waals surface area contributed by atoms with Gasteiger partial charge in [0.15, 0.2) is 0 Å². The average molecular weight is 259 g/mol. The normalized spacial score (nSPS) is 13.5. The molecule has 0 aliphatic carbocycles. The van der Waals surface area contributed by atoms with Crippen LogP contribution in [-0.2, 0) is 18.9 Å². The number of aliphatic hydroxyl groups excluding tert-OH is 1. The Kier molecular flexibility index (Phi) is 3.71. The number of hydrogen-bond acceptors (Lipinski definition) is 3. The smallest absolute Gasteiger partial charge is 0.0863 e. The van der Waals surface area contributed by atoms with Crippen molar-refractivity contribution in [3.63, 3.8) is 0 Å². The third kappa shape index (κ3) is 3.20. The summed E-state index contributed by atoms with van der Waals surface area (Å²) in [5.74, 6) is 0. The monoisotopic (exact) mass is 259 g/mol. The number of nitrogens with zero attached hydrogens (tertiary/aromatic N) is 3. The first kappa shape index (κ1) is 13.7. The van der Waals surface area contributed by atoms with E-state index in [0.717, 1.165) is 16.8 Å². The molecule has 2 aromatic rings. The quantitative estimate of drug-likeness (QED) is 0.920. The van der Waals surface area contributed by atoms with Gasteiger partial charge in [-0.2, -0.15) is 5.10 Å². The highest BCUT2D eigenvalue weighted by Crippen LogP contribution is 2.29. The molecule has 0 fully saturated rings.